The Morgan fingerprint density at radius 3 is 2.24 bits per heavy atom. The van der Waals surface area contributed by atoms with E-state index in [0.717, 1.165) is 37.2 Å². The minimum absolute atomic E-state index is 0.00635. The van der Waals surface area contributed by atoms with E-state index in [0.29, 0.717) is 29.9 Å². The molecular weight excluding hydrogens is 528 g/mol. The molecule has 1 aromatic carbocycles. The zero-order chi connectivity index (χ0) is 28.3. The Morgan fingerprint density at radius 1 is 1.08 bits per heavy atom. The zero-order valence-corrected chi connectivity index (χ0v) is 24.5. The molecule has 1 heterocycles. The first-order chi connectivity index (χ1) is 18.0. The quantitative estimate of drug-likeness (QED) is 0.139. The number of carboxylic acids is 2. The molecule has 3 N–H and O–H groups in total. The Morgan fingerprint density at radius 2 is 1.71 bits per heavy atom. The van der Waals surface area contributed by atoms with Crippen LogP contribution in [-0.4, -0.2) is 66.9 Å². The van der Waals surface area contributed by atoms with Gasteiger partial charge in [0.25, 0.3) is 0 Å². The summed E-state index contributed by atoms with van der Waals surface area (Å²) in [7, 11) is 0. The number of ketones is 1. The number of hydrogen-bond acceptors (Lipinski definition) is 8. The third-order valence-electron chi connectivity index (χ3n) is 7.05. The van der Waals surface area contributed by atoms with Gasteiger partial charge < -0.3 is 24.8 Å². The number of phenols is 1. The maximum Gasteiger partial charge on any atom is 0.303 e. The van der Waals surface area contributed by atoms with Gasteiger partial charge in [0.1, 0.15) is 16.4 Å². The second-order valence-electron chi connectivity index (χ2n) is 9.70. The first kappa shape index (κ1) is 32.3. The predicted molar refractivity (Wildman–Crippen MR) is 152 cm³/mol. The number of aliphatic carboxylic acids is 2. The van der Waals surface area contributed by atoms with Gasteiger partial charge in [-0.1, -0.05) is 27.2 Å². The molecule has 1 saturated heterocycles. The summed E-state index contributed by atoms with van der Waals surface area (Å²) in [5.41, 5.74) is 0.975. The lowest BCUT2D eigenvalue weighted by Crippen LogP contribution is -2.36. The van der Waals surface area contributed by atoms with Crippen molar-refractivity contribution in [2.24, 2.45) is 0 Å². The van der Waals surface area contributed by atoms with Gasteiger partial charge >= 0.3 is 11.9 Å². The van der Waals surface area contributed by atoms with Crippen LogP contribution in [0.1, 0.15) is 95.0 Å². The molecule has 0 aromatic heterocycles. The van der Waals surface area contributed by atoms with E-state index in [1.165, 1.54) is 6.92 Å². The molecular formula is C28H42O8S2. The van der Waals surface area contributed by atoms with Crippen molar-refractivity contribution in [2.45, 2.75) is 101 Å². The third kappa shape index (κ3) is 8.55. The maximum atomic E-state index is 11.8. The highest BCUT2D eigenvalue weighted by molar-refractivity contribution is 8.02. The molecule has 214 valence electrons. The van der Waals surface area contributed by atoms with Crippen LogP contribution in [0.25, 0.3) is 0 Å². The van der Waals surface area contributed by atoms with Crippen molar-refractivity contribution in [3.63, 3.8) is 0 Å². The summed E-state index contributed by atoms with van der Waals surface area (Å²) in [4.78, 5) is 33.5. The van der Waals surface area contributed by atoms with Crippen molar-refractivity contribution < 1.29 is 39.2 Å². The number of carbonyl (C=O) groups excluding carboxylic acids is 1. The molecule has 1 fully saturated rings. The van der Waals surface area contributed by atoms with Crippen LogP contribution in [0.15, 0.2) is 12.1 Å². The van der Waals surface area contributed by atoms with Gasteiger partial charge in [0, 0.05) is 28.9 Å². The van der Waals surface area contributed by atoms with Crippen LogP contribution in [0.5, 0.6) is 11.5 Å². The van der Waals surface area contributed by atoms with Gasteiger partial charge in [-0.15, -0.1) is 11.8 Å². The predicted octanol–water partition coefficient (Wildman–Crippen LogP) is 6.17. The van der Waals surface area contributed by atoms with E-state index in [9.17, 15) is 29.7 Å². The second kappa shape index (κ2) is 15.0. The Bertz CT molecular complexity index is 942. The summed E-state index contributed by atoms with van der Waals surface area (Å²) >= 11 is 3.39. The molecule has 0 saturated carbocycles. The number of carboxylic acid groups (broad SMARTS) is 2. The summed E-state index contributed by atoms with van der Waals surface area (Å²) in [5, 5.41) is 29.0. The fourth-order valence-electron chi connectivity index (χ4n) is 4.86. The van der Waals surface area contributed by atoms with Crippen LogP contribution in [0, 0.1) is 0 Å². The number of rotatable bonds is 18. The normalized spacial score (nSPS) is 17.8. The fourth-order valence-corrected chi connectivity index (χ4v) is 7.92. The summed E-state index contributed by atoms with van der Waals surface area (Å²) in [5.74, 6) is 0.162. The summed E-state index contributed by atoms with van der Waals surface area (Å²) in [6.45, 7) is 8.13. The number of carbonyl (C=O) groups is 3. The Hall–Kier alpha value is -1.91. The Kier molecular flexibility index (Phi) is 12.8. The molecule has 1 aliphatic rings. The molecule has 0 radical (unpaired) electrons. The SMILES string of the molecule is CCCc1c(OCCCSCC2OC(CCC(=O)O)(CCC(=O)O)SC2(CC)CC)ccc(C(C)=O)c1O. The van der Waals surface area contributed by atoms with Crippen molar-refractivity contribution in [2.75, 3.05) is 18.1 Å². The van der Waals surface area contributed by atoms with Crippen molar-refractivity contribution >= 4 is 41.2 Å². The third-order valence-corrected chi connectivity index (χ3v) is 10.3. The average Bonchev–Trinajstić information content (AvgIpc) is 3.19. The molecule has 8 nitrogen and oxygen atoms in total. The number of ether oxygens (including phenoxy) is 2. The molecule has 10 heteroatoms. The maximum absolute atomic E-state index is 11.8. The lowest BCUT2D eigenvalue weighted by atomic mass is 9.96. The van der Waals surface area contributed by atoms with Gasteiger partial charge in [-0.3, -0.25) is 14.4 Å². The Balaban J connectivity index is 1.97. The highest BCUT2D eigenvalue weighted by Crippen LogP contribution is 2.57. The van der Waals surface area contributed by atoms with Crippen LogP contribution in [-0.2, 0) is 20.7 Å². The van der Waals surface area contributed by atoms with Gasteiger partial charge in [0.05, 0.1) is 18.3 Å². The first-order valence-electron chi connectivity index (χ1n) is 13.4. The van der Waals surface area contributed by atoms with Gasteiger partial charge in [-0.05, 0) is 63.3 Å². The van der Waals surface area contributed by atoms with Gasteiger partial charge in [0.2, 0.25) is 0 Å². The number of benzene rings is 1. The average molecular weight is 571 g/mol. The smallest absolute Gasteiger partial charge is 0.303 e. The molecule has 38 heavy (non-hydrogen) atoms. The molecule has 0 spiro atoms. The van der Waals surface area contributed by atoms with Crippen molar-refractivity contribution in [3.05, 3.63) is 23.3 Å². The first-order valence-corrected chi connectivity index (χ1v) is 15.4. The van der Waals surface area contributed by atoms with E-state index < -0.39 is 16.9 Å². The van der Waals surface area contributed by atoms with Crippen molar-refractivity contribution in [3.8, 4) is 11.5 Å². The molecule has 1 atom stereocenters. The minimum Gasteiger partial charge on any atom is -0.507 e. The van der Waals surface area contributed by atoms with E-state index in [-0.39, 0.29) is 48.1 Å². The van der Waals surface area contributed by atoms with E-state index in [2.05, 4.69) is 13.8 Å². The van der Waals surface area contributed by atoms with Gasteiger partial charge in [-0.2, -0.15) is 11.8 Å². The molecule has 0 amide bonds. The Labute approximate surface area is 234 Å². The number of hydrogen-bond donors (Lipinski definition) is 3. The molecule has 2 rings (SSSR count). The monoisotopic (exact) mass is 570 g/mol. The summed E-state index contributed by atoms with van der Waals surface area (Å²) in [6, 6.07) is 3.36. The largest absolute Gasteiger partial charge is 0.507 e. The standard InChI is InChI=1S/C28H42O8S2/c1-5-9-21-22(11-10-20(19(4)29)26(21)34)35-16-8-17-37-18-23-27(6-2,7-3)38-28(36-23,14-12-24(30)31)15-13-25(32)33/h10-11,23,34H,5-9,12-18H2,1-4H3,(H,30,31)(H,32,33). The van der Waals surface area contributed by atoms with Crippen molar-refractivity contribution in [1.29, 1.82) is 0 Å². The van der Waals surface area contributed by atoms with E-state index in [1.54, 1.807) is 35.7 Å². The van der Waals surface area contributed by atoms with Crippen LogP contribution in [0.2, 0.25) is 0 Å². The topological polar surface area (TPSA) is 130 Å². The van der Waals surface area contributed by atoms with Crippen LogP contribution in [0.3, 0.4) is 0 Å². The molecule has 0 aliphatic carbocycles. The fraction of sp³-hybridized carbons (Fsp3) is 0.679. The minimum atomic E-state index is -0.910. The number of phenolic OH excluding ortho intramolecular Hbond substituents is 1. The highest BCUT2D eigenvalue weighted by atomic mass is 32.2. The number of thioether (sulfide) groups is 2. The number of Topliss-reactive ketones (excluding diaryl/α,β-unsaturated/α-hetero) is 1. The van der Waals surface area contributed by atoms with E-state index >= 15 is 0 Å². The summed E-state index contributed by atoms with van der Waals surface area (Å²) in [6.07, 6.45) is 4.26. The van der Waals surface area contributed by atoms with E-state index in [4.69, 9.17) is 9.47 Å². The van der Waals surface area contributed by atoms with Gasteiger partial charge in [0.15, 0.2) is 5.78 Å². The molecule has 1 unspecified atom stereocenters. The molecule has 1 aliphatic heterocycles. The van der Waals surface area contributed by atoms with Crippen LogP contribution < -0.4 is 4.74 Å². The molecule has 0 bridgehead atoms. The van der Waals surface area contributed by atoms with Crippen molar-refractivity contribution in [1.82, 2.24) is 0 Å². The lowest BCUT2D eigenvalue weighted by Gasteiger charge is -2.31. The van der Waals surface area contributed by atoms with E-state index in [1.807, 2.05) is 6.92 Å². The number of aromatic hydroxyl groups is 1. The lowest BCUT2D eigenvalue weighted by molar-refractivity contribution is -0.139. The zero-order valence-electron chi connectivity index (χ0n) is 22.9. The van der Waals surface area contributed by atoms with Crippen LogP contribution in [0.4, 0.5) is 0 Å². The van der Waals surface area contributed by atoms with Crippen LogP contribution >= 0.6 is 23.5 Å². The molecule has 1 aromatic rings. The summed E-state index contributed by atoms with van der Waals surface area (Å²) < 4.78 is 12.3. The second-order valence-corrected chi connectivity index (χ2v) is 12.6. The highest BCUT2D eigenvalue weighted by Gasteiger charge is 2.54. The van der Waals surface area contributed by atoms with Gasteiger partial charge in [-0.25, -0.2) is 0 Å².